The SMILES string of the molecule is Cc1ccc(-c2noc(CCC(=O)NCc3ccc4c(c3)CCN4C(=O)c3ccc(F)cc3)n2)cc1. The molecule has 2 amide bonds. The van der Waals surface area contributed by atoms with Crippen LogP contribution in [0.25, 0.3) is 11.4 Å². The number of benzene rings is 3. The molecule has 0 saturated carbocycles. The molecule has 0 spiro atoms. The average Bonchev–Trinajstić information content (AvgIpc) is 3.54. The number of carbonyl (C=O) groups is 2. The summed E-state index contributed by atoms with van der Waals surface area (Å²) < 4.78 is 18.5. The van der Waals surface area contributed by atoms with E-state index in [1.807, 2.05) is 49.4 Å². The molecule has 7 nitrogen and oxygen atoms in total. The van der Waals surface area contributed by atoms with Crippen molar-refractivity contribution in [2.75, 3.05) is 11.4 Å². The summed E-state index contributed by atoms with van der Waals surface area (Å²) >= 11 is 0. The Bertz CT molecular complexity index is 1400. The molecule has 1 aliphatic heterocycles. The van der Waals surface area contributed by atoms with Crippen molar-refractivity contribution in [3.05, 3.63) is 101 Å². The molecule has 0 unspecified atom stereocenters. The topological polar surface area (TPSA) is 88.3 Å². The number of amides is 2. The highest BCUT2D eigenvalue weighted by molar-refractivity contribution is 6.07. The second-order valence-corrected chi connectivity index (χ2v) is 8.83. The van der Waals surface area contributed by atoms with E-state index < -0.39 is 0 Å². The zero-order valence-corrected chi connectivity index (χ0v) is 19.8. The van der Waals surface area contributed by atoms with Crippen LogP contribution in [0.1, 0.15) is 39.4 Å². The number of fused-ring (bicyclic) bond motifs is 1. The van der Waals surface area contributed by atoms with Gasteiger partial charge in [0.05, 0.1) is 0 Å². The summed E-state index contributed by atoms with van der Waals surface area (Å²) in [6.45, 7) is 2.96. The maximum absolute atomic E-state index is 13.2. The Labute approximate surface area is 207 Å². The minimum atomic E-state index is -0.371. The lowest BCUT2D eigenvalue weighted by atomic mass is 10.1. The van der Waals surface area contributed by atoms with Gasteiger partial charge in [-0.2, -0.15) is 4.98 Å². The highest BCUT2D eigenvalue weighted by atomic mass is 19.1. The van der Waals surface area contributed by atoms with E-state index in [1.54, 1.807) is 4.90 Å². The fraction of sp³-hybridized carbons (Fsp3) is 0.214. The van der Waals surface area contributed by atoms with E-state index in [0.717, 1.165) is 34.4 Å². The Morgan fingerprint density at radius 1 is 1.06 bits per heavy atom. The molecule has 1 aromatic heterocycles. The molecule has 4 aromatic rings. The zero-order chi connectivity index (χ0) is 25.1. The molecule has 5 rings (SSSR count). The van der Waals surface area contributed by atoms with Crippen LogP contribution in [0.15, 0.2) is 71.3 Å². The van der Waals surface area contributed by atoms with E-state index >= 15 is 0 Å². The number of halogens is 1. The molecule has 0 bridgehead atoms. The molecule has 0 fully saturated rings. The third-order valence-corrected chi connectivity index (χ3v) is 6.21. The number of rotatable bonds is 7. The zero-order valence-electron chi connectivity index (χ0n) is 19.8. The highest BCUT2D eigenvalue weighted by Gasteiger charge is 2.25. The molecular formula is C28H25FN4O3. The Kier molecular flexibility index (Phi) is 6.58. The Morgan fingerprint density at radius 2 is 1.83 bits per heavy atom. The minimum Gasteiger partial charge on any atom is -0.352 e. The van der Waals surface area contributed by atoms with Gasteiger partial charge in [-0.05, 0) is 54.8 Å². The number of nitrogens with one attached hydrogen (secondary N) is 1. The van der Waals surface area contributed by atoms with Crippen molar-refractivity contribution >= 4 is 17.5 Å². The molecule has 1 N–H and O–H groups in total. The highest BCUT2D eigenvalue weighted by Crippen LogP contribution is 2.30. The number of aryl methyl sites for hydroxylation is 2. The number of hydrogen-bond donors (Lipinski definition) is 1. The van der Waals surface area contributed by atoms with Gasteiger partial charge < -0.3 is 14.7 Å². The van der Waals surface area contributed by atoms with Gasteiger partial charge in [-0.3, -0.25) is 9.59 Å². The van der Waals surface area contributed by atoms with Crippen LogP contribution in [0, 0.1) is 12.7 Å². The maximum Gasteiger partial charge on any atom is 0.258 e. The smallest absolute Gasteiger partial charge is 0.258 e. The van der Waals surface area contributed by atoms with E-state index in [1.165, 1.54) is 24.3 Å². The van der Waals surface area contributed by atoms with Crippen LogP contribution in [-0.2, 0) is 24.2 Å². The van der Waals surface area contributed by atoms with Crippen molar-refractivity contribution in [3.8, 4) is 11.4 Å². The molecule has 182 valence electrons. The van der Waals surface area contributed by atoms with Crippen LogP contribution in [0.2, 0.25) is 0 Å². The molecule has 2 heterocycles. The van der Waals surface area contributed by atoms with Gasteiger partial charge >= 0.3 is 0 Å². The lowest BCUT2D eigenvalue weighted by molar-refractivity contribution is -0.121. The van der Waals surface area contributed by atoms with E-state index in [9.17, 15) is 14.0 Å². The molecule has 0 radical (unpaired) electrons. The summed E-state index contributed by atoms with van der Waals surface area (Å²) in [6, 6.07) is 19.2. The number of aromatic nitrogens is 2. The summed E-state index contributed by atoms with van der Waals surface area (Å²) in [7, 11) is 0. The van der Waals surface area contributed by atoms with E-state index in [4.69, 9.17) is 4.52 Å². The molecule has 1 aliphatic rings. The molecule has 36 heavy (non-hydrogen) atoms. The van der Waals surface area contributed by atoms with E-state index in [2.05, 4.69) is 15.5 Å². The molecule has 0 saturated heterocycles. The fourth-order valence-corrected chi connectivity index (χ4v) is 4.21. The normalized spacial score (nSPS) is 12.4. The predicted octanol–water partition coefficient (Wildman–Crippen LogP) is 4.64. The largest absolute Gasteiger partial charge is 0.352 e. The van der Waals surface area contributed by atoms with Gasteiger partial charge in [0.15, 0.2) is 0 Å². The summed E-state index contributed by atoms with van der Waals surface area (Å²) in [5, 5.41) is 6.93. The monoisotopic (exact) mass is 484 g/mol. The maximum atomic E-state index is 13.2. The first-order valence-corrected chi connectivity index (χ1v) is 11.8. The lowest BCUT2D eigenvalue weighted by Gasteiger charge is -2.17. The Hall–Kier alpha value is -4.33. The third kappa shape index (κ3) is 5.17. The van der Waals surface area contributed by atoms with Crippen LogP contribution in [-0.4, -0.2) is 28.5 Å². The summed E-state index contributed by atoms with van der Waals surface area (Å²) in [4.78, 5) is 31.3. The van der Waals surface area contributed by atoms with Crippen LogP contribution in [0.4, 0.5) is 10.1 Å². The first-order valence-electron chi connectivity index (χ1n) is 11.8. The number of hydrogen-bond acceptors (Lipinski definition) is 5. The van der Waals surface area contributed by atoms with E-state index in [0.29, 0.717) is 36.8 Å². The van der Waals surface area contributed by atoms with Gasteiger partial charge in [0.25, 0.3) is 5.91 Å². The predicted molar refractivity (Wildman–Crippen MR) is 133 cm³/mol. The van der Waals surface area contributed by atoms with Gasteiger partial charge in [-0.15, -0.1) is 0 Å². The van der Waals surface area contributed by atoms with Crippen molar-refractivity contribution in [1.82, 2.24) is 15.5 Å². The van der Waals surface area contributed by atoms with Crippen LogP contribution >= 0.6 is 0 Å². The van der Waals surface area contributed by atoms with Gasteiger partial charge in [-0.25, -0.2) is 4.39 Å². The Balaban J connectivity index is 1.13. The van der Waals surface area contributed by atoms with Crippen molar-refractivity contribution in [2.24, 2.45) is 0 Å². The molecular weight excluding hydrogens is 459 g/mol. The number of anilines is 1. The van der Waals surface area contributed by atoms with Crippen LogP contribution < -0.4 is 10.2 Å². The van der Waals surface area contributed by atoms with Gasteiger partial charge in [0.2, 0.25) is 17.6 Å². The number of carbonyl (C=O) groups excluding carboxylic acids is 2. The second-order valence-electron chi connectivity index (χ2n) is 8.83. The van der Waals surface area contributed by atoms with Gasteiger partial charge in [0, 0.05) is 42.7 Å². The quantitative estimate of drug-likeness (QED) is 0.413. The summed E-state index contributed by atoms with van der Waals surface area (Å²) in [6.07, 6.45) is 1.32. The lowest BCUT2D eigenvalue weighted by Crippen LogP contribution is -2.28. The third-order valence-electron chi connectivity index (χ3n) is 6.21. The van der Waals surface area contributed by atoms with Crippen molar-refractivity contribution in [3.63, 3.8) is 0 Å². The van der Waals surface area contributed by atoms with Crippen LogP contribution in [0.3, 0.4) is 0 Å². The van der Waals surface area contributed by atoms with Crippen molar-refractivity contribution in [2.45, 2.75) is 32.7 Å². The average molecular weight is 485 g/mol. The molecule has 0 atom stereocenters. The fourth-order valence-electron chi connectivity index (χ4n) is 4.21. The molecule has 0 aliphatic carbocycles. The first kappa shape index (κ1) is 23.4. The summed E-state index contributed by atoms with van der Waals surface area (Å²) in [5.74, 6) is 0.295. The van der Waals surface area contributed by atoms with Crippen molar-refractivity contribution in [1.29, 1.82) is 0 Å². The van der Waals surface area contributed by atoms with E-state index in [-0.39, 0.29) is 24.1 Å². The molecule has 8 heteroatoms. The standard InChI is InChI=1S/C28H25FN4O3/c1-18-2-5-20(6-3-18)27-31-26(36-32-27)13-12-25(34)30-17-19-4-11-24-22(16-19)14-15-33(24)28(35)21-7-9-23(29)10-8-21/h2-11,16H,12-15,17H2,1H3,(H,30,34). The van der Waals surface area contributed by atoms with Gasteiger partial charge in [0.1, 0.15) is 5.82 Å². The number of nitrogens with zero attached hydrogens (tertiary/aromatic N) is 3. The second kappa shape index (κ2) is 10.1. The Morgan fingerprint density at radius 3 is 2.61 bits per heavy atom. The van der Waals surface area contributed by atoms with Crippen LogP contribution in [0.5, 0.6) is 0 Å². The molecule has 3 aromatic carbocycles. The minimum absolute atomic E-state index is 0.112. The first-order chi connectivity index (χ1) is 17.5. The van der Waals surface area contributed by atoms with Gasteiger partial charge in [-0.1, -0.05) is 47.1 Å². The summed E-state index contributed by atoms with van der Waals surface area (Å²) in [5.41, 5.74) is 5.32. The van der Waals surface area contributed by atoms with Crippen molar-refractivity contribution < 1.29 is 18.5 Å².